The van der Waals surface area contributed by atoms with Crippen molar-refractivity contribution in [1.82, 2.24) is 15.1 Å². The number of benzene rings is 2. The molecule has 1 aliphatic carbocycles. The van der Waals surface area contributed by atoms with Crippen LogP contribution in [0.25, 0.3) is 10.8 Å². The van der Waals surface area contributed by atoms with E-state index in [9.17, 15) is 9.59 Å². The number of nitrogens with one attached hydrogen (secondary N) is 1. The molecule has 3 unspecified atom stereocenters. The Labute approximate surface area is 163 Å². The lowest BCUT2D eigenvalue weighted by atomic mass is 9.77. The lowest BCUT2D eigenvalue weighted by Gasteiger charge is -2.32. The van der Waals surface area contributed by atoms with Gasteiger partial charge in [0.05, 0.1) is 5.39 Å². The first-order valence-corrected chi connectivity index (χ1v) is 10.1. The number of likely N-dealkylation sites (tertiary alicyclic amines) is 1. The summed E-state index contributed by atoms with van der Waals surface area (Å²) >= 11 is 0. The third-order valence-electron chi connectivity index (χ3n) is 6.48. The van der Waals surface area contributed by atoms with E-state index in [4.69, 9.17) is 0 Å². The second kappa shape index (κ2) is 6.89. The number of hydrogen-bond acceptors (Lipinski definition) is 3. The van der Waals surface area contributed by atoms with Gasteiger partial charge < -0.3 is 4.90 Å². The van der Waals surface area contributed by atoms with Gasteiger partial charge in [-0.05, 0) is 30.4 Å². The third kappa shape index (κ3) is 2.73. The van der Waals surface area contributed by atoms with E-state index in [-0.39, 0.29) is 17.5 Å². The maximum absolute atomic E-state index is 13.5. The number of aromatic amines is 1. The molecule has 0 spiro atoms. The predicted molar refractivity (Wildman–Crippen MR) is 108 cm³/mol. The molecule has 1 amide bonds. The van der Waals surface area contributed by atoms with Gasteiger partial charge in [-0.3, -0.25) is 9.59 Å². The Balaban J connectivity index is 1.55. The first-order chi connectivity index (χ1) is 13.7. The Bertz CT molecular complexity index is 1080. The molecule has 5 heteroatoms. The molecule has 28 heavy (non-hydrogen) atoms. The summed E-state index contributed by atoms with van der Waals surface area (Å²) in [6.45, 7) is 0.716. The van der Waals surface area contributed by atoms with E-state index >= 15 is 0 Å². The van der Waals surface area contributed by atoms with Crippen molar-refractivity contribution in [2.24, 2.45) is 5.92 Å². The zero-order chi connectivity index (χ0) is 19.1. The van der Waals surface area contributed by atoms with E-state index in [1.54, 1.807) is 6.07 Å². The first-order valence-electron chi connectivity index (χ1n) is 10.1. The Morgan fingerprint density at radius 1 is 0.964 bits per heavy atom. The number of hydrogen-bond donors (Lipinski definition) is 1. The van der Waals surface area contributed by atoms with Gasteiger partial charge >= 0.3 is 0 Å². The Kier molecular flexibility index (Phi) is 4.23. The van der Waals surface area contributed by atoms with E-state index < -0.39 is 0 Å². The van der Waals surface area contributed by atoms with Crippen LogP contribution in [-0.2, 0) is 0 Å². The van der Waals surface area contributed by atoms with Gasteiger partial charge in [-0.15, -0.1) is 0 Å². The molecule has 2 aromatic carbocycles. The van der Waals surface area contributed by atoms with Crippen molar-refractivity contribution in [3.63, 3.8) is 0 Å². The summed E-state index contributed by atoms with van der Waals surface area (Å²) in [5, 5.41) is 7.81. The molecule has 1 saturated carbocycles. The van der Waals surface area contributed by atoms with Crippen LogP contribution in [-0.4, -0.2) is 33.6 Å². The molecular weight excluding hydrogens is 350 g/mol. The number of carbonyl (C=O) groups is 1. The highest BCUT2D eigenvalue weighted by Crippen LogP contribution is 2.45. The molecule has 1 saturated heterocycles. The van der Waals surface area contributed by atoms with Crippen molar-refractivity contribution in [1.29, 1.82) is 0 Å². The van der Waals surface area contributed by atoms with Crippen molar-refractivity contribution in [3.8, 4) is 0 Å². The van der Waals surface area contributed by atoms with Crippen molar-refractivity contribution >= 4 is 16.7 Å². The summed E-state index contributed by atoms with van der Waals surface area (Å²) in [5.41, 5.74) is 1.41. The van der Waals surface area contributed by atoms with Crippen molar-refractivity contribution < 1.29 is 4.79 Å². The third-order valence-corrected chi connectivity index (χ3v) is 6.48. The minimum absolute atomic E-state index is 0.0669. The normalized spacial score (nSPS) is 24.3. The molecule has 2 aliphatic rings. The fourth-order valence-electron chi connectivity index (χ4n) is 5.18. The van der Waals surface area contributed by atoms with Gasteiger partial charge in [-0.2, -0.15) is 5.10 Å². The molecule has 5 nitrogen and oxygen atoms in total. The van der Waals surface area contributed by atoms with Gasteiger partial charge in [0.2, 0.25) is 0 Å². The average Bonchev–Trinajstić information content (AvgIpc) is 3.14. The van der Waals surface area contributed by atoms with Crippen LogP contribution in [0.15, 0.2) is 59.4 Å². The first kappa shape index (κ1) is 17.2. The van der Waals surface area contributed by atoms with Gasteiger partial charge in [0.25, 0.3) is 11.5 Å². The van der Waals surface area contributed by atoms with E-state index in [0.717, 1.165) is 19.3 Å². The van der Waals surface area contributed by atoms with E-state index in [1.165, 1.54) is 12.0 Å². The lowest BCUT2D eigenvalue weighted by Crippen LogP contribution is -2.40. The van der Waals surface area contributed by atoms with Crippen molar-refractivity contribution in [2.45, 2.75) is 37.6 Å². The molecule has 142 valence electrons. The maximum Gasteiger partial charge on any atom is 0.275 e. The van der Waals surface area contributed by atoms with Gasteiger partial charge in [0.1, 0.15) is 0 Å². The summed E-state index contributed by atoms with van der Waals surface area (Å²) in [7, 11) is 0. The molecule has 2 fully saturated rings. The SMILES string of the molecule is O=C(c1n[nH]c(=O)c2ccccc12)N1CC(c2ccccc2)C2CCCCC21. The van der Waals surface area contributed by atoms with Crippen LogP contribution in [0.3, 0.4) is 0 Å². The number of nitrogens with zero attached hydrogens (tertiary/aromatic N) is 2. The Hall–Kier alpha value is -2.95. The van der Waals surface area contributed by atoms with Gasteiger partial charge in [-0.25, -0.2) is 5.10 Å². The van der Waals surface area contributed by atoms with Crippen LogP contribution in [0, 0.1) is 5.92 Å². The van der Waals surface area contributed by atoms with Gasteiger partial charge in [0.15, 0.2) is 5.69 Å². The number of amides is 1. The summed E-state index contributed by atoms with van der Waals surface area (Å²) < 4.78 is 0. The molecule has 0 bridgehead atoms. The van der Waals surface area contributed by atoms with Crippen LogP contribution in [0.5, 0.6) is 0 Å². The number of rotatable bonds is 2. The topological polar surface area (TPSA) is 66.1 Å². The molecule has 3 atom stereocenters. The highest BCUT2D eigenvalue weighted by molar-refractivity contribution is 6.05. The summed E-state index contributed by atoms with van der Waals surface area (Å²) in [6.07, 6.45) is 4.59. The number of H-pyrrole nitrogens is 1. The fraction of sp³-hybridized carbons (Fsp3) is 0.348. The Morgan fingerprint density at radius 3 is 2.50 bits per heavy atom. The highest BCUT2D eigenvalue weighted by atomic mass is 16.2. The maximum atomic E-state index is 13.5. The zero-order valence-electron chi connectivity index (χ0n) is 15.7. The molecule has 3 aromatic rings. The summed E-state index contributed by atoms with van der Waals surface area (Å²) in [5.74, 6) is 0.793. The Morgan fingerprint density at radius 2 is 1.68 bits per heavy atom. The summed E-state index contributed by atoms with van der Waals surface area (Å²) in [6, 6.07) is 18.0. The minimum Gasteiger partial charge on any atom is -0.333 e. The lowest BCUT2D eigenvalue weighted by molar-refractivity contribution is 0.0685. The van der Waals surface area contributed by atoms with Gasteiger partial charge in [-0.1, -0.05) is 61.4 Å². The number of fused-ring (bicyclic) bond motifs is 2. The molecule has 5 rings (SSSR count). The van der Waals surface area contributed by atoms with Crippen LogP contribution in [0.4, 0.5) is 0 Å². The van der Waals surface area contributed by atoms with Crippen LogP contribution in [0.1, 0.15) is 47.7 Å². The number of carbonyl (C=O) groups excluding carboxylic acids is 1. The van der Waals surface area contributed by atoms with Crippen LogP contribution in [0.2, 0.25) is 0 Å². The monoisotopic (exact) mass is 373 g/mol. The second-order valence-corrected chi connectivity index (χ2v) is 7.94. The zero-order valence-corrected chi connectivity index (χ0v) is 15.7. The predicted octanol–water partition coefficient (Wildman–Crippen LogP) is 3.72. The van der Waals surface area contributed by atoms with Crippen molar-refractivity contribution in [2.75, 3.05) is 6.54 Å². The van der Waals surface area contributed by atoms with Gasteiger partial charge in [0, 0.05) is 23.9 Å². The van der Waals surface area contributed by atoms with E-state index in [1.807, 2.05) is 29.2 Å². The quantitative estimate of drug-likeness (QED) is 0.744. The standard InChI is InChI=1S/C23H23N3O2/c27-22-18-12-5-4-11-17(18)21(24-25-22)23(28)26-14-19(15-8-2-1-3-9-15)16-10-6-7-13-20(16)26/h1-5,8-9,11-12,16,19-20H,6-7,10,13-14H2,(H,25,27). The van der Waals surface area contributed by atoms with Crippen LogP contribution < -0.4 is 5.56 Å². The van der Waals surface area contributed by atoms with E-state index in [0.29, 0.717) is 34.8 Å². The molecule has 1 N–H and O–H groups in total. The second-order valence-electron chi connectivity index (χ2n) is 7.94. The summed E-state index contributed by atoms with van der Waals surface area (Å²) in [4.78, 5) is 27.7. The smallest absolute Gasteiger partial charge is 0.275 e. The molecule has 2 heterocycles. The van der Waals surface area contributed by atoms with E-state index in [2.05, 4.69) is 34.5 Å². The highest BCUT2D eigenvalue weighted by Gasteiger charge is 2.45. The largest absolute Gasteiger partial charge is 0.333 e. The fourth-order valence-corrected chi connectivity index (χ4v) is 5.18. The molecular formula is C23H23N3O2. The van der Waals surface area contributed by atoms with Crippen molar-refractivity contribution in [3.05, 3.63) is 76.2 Å². The number of aromatic nitrogens is 2. The molecule has 1 aliphatic heterocycles. The molecule has 0 radical (unpaired) electrons. The molecule has 1 aromatic heterocycles. The average molecular weight is 373 g/mol. The van der Waals surface area contributed by atoms with Crippen LogP contribution >= 0.6 is 0 Å². The minimum atomic E-state index is -0.258.